The van der Waals surface area contributed by atoms with E-state index >= 15 is 0 Å². The quantitative estimate of drug-likeness (QED) is 0.441. The molecule has 0 radical (unpaired) electrons. The summed E-state index contributed by atoms with van der Waals surface area (Å²) in [5, 5.41) is 2.79. The molecule has 1 atom stereocenters. The average molecular weight is 506 g/mol. The van der Waals surface area contributed by atoms with Gasteiger partial charge in [-0.15, -0.1) is 0 Å². The zero-order valence-corrected chi connectivity index (χ0v) is 21.9. The van der Waals surface area contributed by atoms with Crippen molar-refractivity contribution in [3.05, 3.63) is 65.5 Å². The molecule has 192 valence electrons. The maximum absolute atomic E-state index is 14.4. The van der Waals surface area contributed by atoms with Crippen molar-refractivity contribution in [1.29, 1.82) is 0 Å². The minimum Gasteiger partial charge on any atom is -0.354 e. The molecule has 0 spiro atoms. The van der Waals surface area contributed by atoms with E-state index in [4.69, 9.17) is 0 Å². The highest BCUT2D eigenvalue weighted by Crippen LogP contribution is 2.23. The predicted octanol–water partition coefficient (Wildman–Crippen LogP) is 4.05. The van der Waals surface area contributed by atoms with Crippen LogP contribution in [0, 0.1) is 5.82 Å². The number of hydrogen-bond acceptors (Lipinski definition) is 4. The molecule has 0 aliphatic heterocycles. The molecule has 9 heteroatoms. The molecule has 0 saturated heterocycles. The van der Waals surface area contributed by atoms with E-state index in [1.165, 1.54) is 23.1 Å². The third kappa shape index (κ3) is 8.06. The molecule has 35 heavy (non-hydrogen) atoms. The van der Waals surface area contributed by atoms with Gasteiger partial charge in [-0.25, -0.2) is 12.8 Å². The highest BCUT2D eigenvalue weighted by molar-refractivity contribution is 7.92. The van der Waals surface area contributed by atoms with Crippen molar-refractivity contribution >= 4 is 27.5 Å². The van der Waals surface area contributed by atoms with Crippen molar-refractivity contribution in [3.8, 4) is 0 Å². The average Bonchev–Trinajstić information content (AvgIpc) is 2.81. The standard InChI is InChI=1S/C26H36FN3O4S/c1-6-7-16-28-26(32)20(4)29(17-22-10-8-9-11-24(22)27)25(31)18-30(35(5,33)34)23-14-12-21(13-15-23)19(2)3/h8-15,19-20H,6-7,16-18H2,1-5H3,(H,28,32). The molecule has 2 rings (SSSR count). The molecule has 1 N–H and O–H groups in total. The molecule has 0 heterocycles. The van der Waals surface area contributed by atoms with Crippen LogP contribution in [-0.2, 0) is 26.2 Å². The molecule has 0 bridgehead atoms. The first-order chi connectivity index (χ1) is 16.5. The van der Waals surface area contributed by atoms with Crippen molar-refractivity contribution in [2.75, 3.05) is 23.7 Å². The third-order valence-corrected chi connectivity index (χ3v) is 6.96. The second-order valence-electron chi connectivity index (χ2n) is 8.95. The van der Waals surface area contributed by atoms with Crippen LogP contribution in [0.2, 0.25) is 0 Å². The number of nitrogens with zero attached hydrogens (tertiary/aromatic N) is 2. The van der Waals surface area contributed by atoms with Crippen LogP contribution in [-0.4, -0.2) is 50.5 Å². The normalized spacial score (nSPS) is 12.3. The summed E-state index contributed by atoms with van der Waals surface area (Å²) in [7, 11) is -3.81. The maximum atomic E-state index is 14.4. The Labute approximate surface area is 208 Å². The highest BCUT2D eigenvalue weighted by Gasteiger charge is 2.30. The maximum Gasteiger partial charge on any atom is 0.244 e. The van der Waals surface area contributed by atoms with Crippen LogP contribution in [0.5, 0.6) is 0 Å². The number of carbonyl (C=O) groups is 2. The first kappa shape index (κ1) is 28.3. The van der Waals surface area contributed by atoms with Gasteiger partial charge in [0.25, 0.3) is 0 Å². The van der Waals surface area contributed by atoms with E-state index in [0.717, 1.165) is 29.0 Å². The van der Waals surface area contributed by atoms with E-state index in [-0.39, 0.29) is 23.9 Å². The number of unbranched alkanes of at least 4 members (excludes halogenated alkanes) is 1. The van der Waals surface area contributed by atoms with Crippen molar-refractivity contribution in [2.45, 2.75) is 59.0 Å². The van der Waals surface area contributed by atoms with Crippen LogP contribution in [0.3, 0.4) is 0 Å². The summed E-state index contributed by atoms with van der Waals surface area (Å²) >= 11 is 0. The summed E-state index contributed by atoms with van der Waals surface area (Å²) < 4.78 is 40.6. The van der Waals surface area contributed by atoms with E-state index in [1.807, 2.05) is 32.9 Å². The molecule has 1 unspecified atom stereocenters. The van der Waals surface area contributed by atoms with E-state index in [9.17, 15) is 22.4 Å². The monoisotopic (exact) mass is 505 g/mol. The lowest BCUT2D eigenvalue weighted by atomic mass is 10.0. The van der Waals surface area contributed by atoms with Gasteiger partial charge in [0, 0.05) is 18.7 Å². The van der Waals surface area contributed by atoms with Gasteiger partial charge in [0.05, 0.1) is 11.9 Å². The lowest BCUT2D eigenvalue weighted by molar-refractivity contribution is -0.139. The number of halogens is 1. The Morgan fingerprint density at radius 1 is 1.03 bits per heavy atom. The molecule has 2 aromatic rings. The zero-order valence-electron chi connectivity index (χ0n) is 21.1. The molecular formula is C26H36FN3O4S. The van der Waals surface area contributed by atoms with Crippen LogP contribution < -0.4 is 9.62 Å². The lowest BCUT2D eigenvalue weighted by Crippen LogP contribution is -2.51. The molecular weight excluding hydrogens is 469 g/mol. The van der Waals surface area contributed by atoms with Gasteiger partial charge in [0.15, 0.2) is 0 Å². The van der Waals surface area contributed by atoms with Gasteiger partial charge >= 0.3 is 0 Å². The summed E-state index contributed by atoms with van der Waals surface area (Å²) in [5.41, 5.74) is 1.62. The fraction of sp³-hybridized carbons (Fsp3) is 0.462. The Balaban J connectivity index is 2.36. The molecule has 7 nitrogen and oxygen atoms in total. The fourth-order valence-corrected chi connectivity index (χ4v) is 4.42. The molecule has 2 amide bonds. The first-order valence-electron chi connectivity index (χ1n) is 11.8. The summed E-state index contributed by atoms with van der Waals surface area (Å²) in [6.45, 7) is 7.39. The molecule has 2 aromatic carbocycles. The van der Waals surface area contributed by atoms with E-state index in [1.54, 1.807) is 25.1 Å². The topological polar surface area (TPSA) is 86.8 Å². The second kappa shape index (κ2) is 12.7. The van der Waals surface area contributed by atoms with Gasteiger partial charge in [0.2, 0.25) is 21.8 Å². The van der Waals surface area contributed by atoms with Gasteiger partial charge in [-0.2, -0.15) is 0 Å². The van der Waals surface area contributed by atoms with Crippen LogP contribution >= 0.6 is 0 Å². The molecule has 0 aliphatic carbocycles. The molecule has 0 saturated carbocycles. The molecule has 0 aliphatic rings. The number of nitrogens with one attached hydrogen (secondary N) is 1. The van der Waals surface area contributed by atoms with Crippen LogP contribution in [0.15, 0.2) is 48.5 Å². The lowest BCUT2D eigenvalue weighted by Gasteiger charge is -2.31. The summed E-state index contributed by atoms with van der Waals surface area (Å²) in [4.78, 5) is 27.4. The van der Waals surface area contributed by atoms with E-state index in [2.05, 4.69) is 5.32 Å². The predicted molar refractivity (Wildman–Crippen MR) is 137 cm³/mol. The SMILES string of the molecule is CCCCNC(=O)C(C)N(Cc1ccccc1F)C(=O)CN(c1ccc(C(C)C)cc1)S(C)(=O)=O. The first-order valence-corrected chi connectivity index (χ1v) is 13.7. The van der Waals surface area contributed by atoms with Crippen LogP contribution in [0.25, 0.3) is 0 Å². The number of anilines is 1. The van der Waals surface area contributed by atoms with E-state index in [0.29, 0.717) is 12.2 Å². The Hall–Kier alpha value is -2.94. The third-order valence-electron chi connectivity index (χ3n) is 5.82. The number of sulfonamides is 1. The number of rotatable bonds is 12. The summed E-state index contributed by atoms with van der Waals surface area (Å²) in [5.74, 6) is -1.23. The molecule has 0 aromatic heterocycles. The Morgan fingerprint density at radius 3 is 2.20 bits per heavy atom. The van der Waals surface area contributed by atoms with Crippen molar-refractivity contribution in [1.82, 2.24) is 10.2 Å². The molecule has 0 fully saturated rings. The van der Waals surface area contributed by atoms with Gasteiger partial charge in [-0.05, 0) is 43.0 Å². The number of amides is 2. The highest BCUT2D eigenvalue weighted by atomic mass is 32.2. The van der Waals surface area contributed by atoms with Gasteiger partial charge in [-0.1, -0.05) is 57.5 Å². The van der Waals surface area contributed by atoms with Gasteiger partial charge in [0.1, 0.15) is 18.4 Å². The minimum atomic E-state index is -3.81. The zero-order chi connectivity index (χ0) is 26.2. The van der Waals surface area contributed by atoms with Crippen molar-refractivity contribution < 1.29 is 22.4 Å². The minimum absolute atomic E-state index is 0.169. The van der Waals surface area contributed by atoms with Crippen LogP contribution in [0.1, 0.15) is 57.6 Å². The Kier molecular flexibility index (Phi) is 10.2. The van der Waals surface area contributed by atoms with Gasteiger partial charge < -0.3 is 10.2 Å². The smallest absolute Gasteiger partial charge is 0.244 e. The fourth-order valence-electron chi connectivity index (χ4n) is 3.57. The van der Waals surface area contributed by atoms with Gasteiger partial charge in [-0.3, -0.25) is 13.9 Å². The Morgan fingerprint density at radius 2 is 1.66 bits per heavy atom. The summed E-state index contributed by atoms with van der Waals surface area (Å²) in [6, 6.07) is 12.0. The van der Waals surface area contributed by atoms with Crippen molar-refractivity contribution in [3.63, 3.8) is 0 Å². The van der Waals surface area contributed by atoms with Crippen LogP contribution in [0.4, 0.5) is 10.1 Å². The summed E-state index contributed by atoms with van der Waals surface area (Å²) in [6.07, 6.45) is 2.71. The second-order valence-corrected chi connectivity index (χ2v) is 10.9. The van der Waals surface area contributed by atoms with Crippen molar-refractivity contribution in [2.24, 2.45) is 0 Å². The number of carbonyl (C=O) groups excluding carboxylic acids is 2. The number of hydrogen-bond donors (Lipinski definition) is 1. The number of benzene rings is 2. The Bertz CT molecular complexity index is 1100. The largest absolute Gasteiger partial charge is 0.354 e. The van der Waals surface area contributed by atoms with E-state index < -0.39 is 34.3 Å².